The largest absolute Gasteiger partial charge is 0.496 e. The van der Waals surface area contributed by atoms with E-state index in [1.54, 1.807) is 33.5 Å². The number of carbonyl (C=O) groups is 1. The van der Waals surface area contributed by atoms with Crippen molar-refractivity contribution in [3.8, 4) is 17.2 Å². The Labute approximate surface area is 152 Å². The maximum Gasteiger partial charge on any atom is 0.230 e. The molecule has 25 heavy (non-hydrogen) atoms. The minimum Gasteiger partial charge on any atom is -0.496 e. The number of anilines is 1. The van der Waals surface area contributed by atoms with Gasteiger partial charge in [0, 0.05) is 17.5 Å². The van der Waals surface area contributed by atoms with Crippen LogP contribution in [-0.2, 0) is 4.79 Å². The molecule has 0 aliphatic carbocycles. The highest BCUT2D eigenvalue weighted by Crippen LogP contribution is 2.40. The number of ether oxygens (including phenoxy) is 3. The molecule has 142 valence electrons. The first-order valence-corrected chi connectivity index (χ1v) is 9.01. The normalized spacial score (nSPS) is 11.1. The van der Waals surface area contributed by atoms with E-state index in [9.17, 15) is 4.79 Å². The molecule has 1 aromatic rings. The topological polar surface area (TPSA) is 56.8 Å². The average Bonchev–Trinajstić information content (AvgIpc) is 2.61. The SMILES string of the molecule is CCCCCCCC(C)(C)C(=O)Nc1c(OC)cc(OC)cc1OC. The summed E-state index contributed by atoms with van der Waals surface area (Å²) < 4.78 is 16.0. The van der Waals surface area contributed by atoms with Gasteiger partial charge in [0.15, 0.2) is 0 Å². The maximum atomic E-state index is 12.8. The number of carbonyl (C=O) groups excluding carboxylic acids is 1. The van der Waals surface area contributed by atoms with Crippen LogP contribution in [0, 0.1) is 5.41 Å². The van der Waals surface area contributed by atoms with Crippen LogP contribution in [0.4, 0.5) is 5.69 Å². The van der Waals surface area contributed by atoms with Gasteiger partial charge in [0.2, 0.25) is 5.91 Å². The molecule has 0 aliphatic rings. The van der Waals surface area contributed by atoms with E-state index < -0.39 is 5.41 Å². The zero-order valence-corrected chi connectivity index (χ0v) is 16.5. The summed E-state index contributed by atoms with van der Waals surface area (Å²) in [5.74, 6) is 1.61. The molecule has 0 unspecified atom stereocenters. The summed E-state index contributed by atoms with van der Waals surface area (Å²) in [6.45, 7) is 6.16. The fraction of sp³-hybridized carbons (Fsp3) is 0.650. The zero-order chi connectivity index (χ0) is 18.9. The summed E-state index contributed by atoms with van der Waals surface area (Å²) in [4.78, 5) is 12.8. The van der Waals surface area contributed by atoms with Crippen molar-refractivity contribution in [2.75, 3.05) is 26.6 Å². The smallest absolute Gasteiger partial charge is 0.230 e. The molecule has 0 heterocycles. The van der Waals surface area contributed by atoms with Gasteiger partial charge in [-0.3, -0.25) is 4.79 Å². The molecule has 0 saturated heterocycles. The van der Waals surface area contributed by atoms with Gasteiger partial charge in [-0.25, -0.2) is 0 Å². The van der Waals surface area contributed by atoms with Crippen molar-refractivity contribution >= 4 is 11.6 Å². The second kappa shape index (κ2) is 10.2. The minimum atomic E-state index is -0.456. The van der Waals surface area contributed by atoms with Crippen LogP contribution >= 0.6 is 0 Å². The standard InChI is InChI=1S/C20H33NO4/c1-7-8-9-10-11-12-20(2,3)19(22)21-18-16(24-5)13-15(23-4)14-17(18)25-6/h13-14H,7-12H2,1-6H3,(H,21,22). The first-order chi connectivity index (χ1) is 11.9. The van der Waals surface area contributed by atoms with Crippen molar-refractivity contribution in [3.05, 3.63) is 12.1 Å². The Hall–Kier alpha value is -1.91. The van der Waals surface area contributed by atoms with Gasteiger partial charge < -0.3 is 19.5 Å². The van der Waals surface area contributed by atoms with Crippen LogP contribution in [0.15, 0.2) is 12.1 Å². The lowest BCUT2D eigenvalue weighted by Crippen LogP contribution is -2.31. The summed E-state index contributed by atoms with van der Waals surface area (Å²) in [6, 6.07) is 3.46. The molecular formula is C20H33NO4. The molecule has 0 spiro atoms. The molecule has 0 fully saturated rings. The third-order valence-electron chi connectivity index (χ3n) is 4.47. The van der Waals surface area contributed by atoms with Gasteiger partial charge >= 0.3 is 0 Å². The van der Waals surface area contributed by atoms with Crippen molar-refractivity contribution < 1.29 is 19.0 Å². The van der Waals surface area contributed by atoms with E-state index in [1.165, 1.54) is 25.7 Å². The van der Waals surface area contributed by atoms with Crippen molar-refractivity contribution in [1.82, 2.24) is 0 Å². The van der Waals surface area contributed by atoms with Crippen LogP contribution in [0.3, 0.4) is 0 Å². The van der Waals surface area contributed by atoms with E-state index in [0.717, 1.165) is 12.8 Å². The molecule has 0 aromatic heterocycles. The Morgan fingerprint density at radius 3 is 2.00 bits per heavy atom. The summed E-state index contributed by atoms with van der Waals surface area (Å²) in [7, 11) is 4.69. The third-order valence-corrected chi connectivity index (χ3v) is 4.47. The van der Waals surface area contributed by atoms with Crippen LogP contribution in [0.1, 0.15) is 59.3 Å². The van der Waals surface area contributed by atoms with Gasteiger partial charge in [-0.15, -0.1) is 0 Å². The molecular weight excluding hydrogens is 318 g/mol. The third kappa shape index (κ3) is 6.15. The fourth-order valence-corrected chi connectivity index (χ4v) is 2.70. The van der Waals surface area contributed by atoms with Gasteiger partial charge in [-0.1, -0.05) is 52.9 Å². The summed E-state index contributed by atoms with van der Waals surface area (Å²) in [6.07, 6.45) is 6.78. The molecule has 1 aromatic carbocycles. The van der Waals surface area contributed by atoms with Crippen LogP contribution in [0.5, 0.6) is 17.2 Å². The number of hydrogen-bond donors (Lipinski definition) is 1. The molecule has 0 radical (unpaired) electrons. The van der Waals surface area contributed by atoms with Crippen LogP contribution in [-0.4, -0.2) is 27.2 Å². The van der Waals surface area contributed by atoms with Crippen molar-refractivity contribution in [2.24, 2.45) is 5.41 Å². The van der Waals surface area contributed by atoms with Crippen molar-refractivity contribution in [3.63, 3.8) is 0 Å². The Morgan fingerprint density at radius 2 is 1.52 bits per heavy atom. The molecule has 0 atom stereocenters. The quantitative estimate of drug-likeness (QED) is 0.568. The van der Waals surface area contributed by atoms with E-state index in [4.69, 9.17) is 14.2 Å². The number of methoxy groups -OCH3 is 3. The Balaban J connectivity index is 2.84. The number of hydrogen-bond acceptors (Lipinski definition) is 4. The predicted molar refractivity (Wildman–Crippen MR) is 102 cm³/mol. The van der Waals surface area contributed by atoms with E-state index in [2.05, 4.69) is 12.2 Å². The number of rotatable bonds is 11. The van der Waals surface area contributed by atoms with Crippen LogP contribution in [0.25, 0.3) is 0 Å². The lowest BCUT2D eigenvalue weighted by atomic mass is 9.85. The van der Waals surface area contributed by atoms with Crippen LogP contribution < -0.4 is 19.5 Å². The summed E-state index contributed by atoms with van der Waals surface area (Å²) >= 11 is 0. The lowest BCUT2D eigenvalue weighted by Gasteiger charge is -2.25. The van der Waals surface area contributed by atoms with Gasteiger partial charge in [-0.05, 0) is 6.42 Å². The van der Waals surface area contributed by atoms with Gasteiger partial charge in [0.05, 0.1) is 21.3 Å². The predicted octanol–water partition coefficient (Wildman–Crippen LogP) is 5.04. The molecule has 0 saturated carbocycles. The van der Waals surface area contributed by atoms with E-state index in [0.29, 0.717) is 22.9 Å². The van der Waals surface area contributed by atoms with Crippen LogP contribution in [0.2, 0.25) is 0 Å². The average molecular weight is 351 g/mol. The summed E-state index contributed by atoms with van der Waals surface area (Å²) in [5.41, 5.74) is 0.0807. The first-order valence-electron chi connectivity index (χ1n) is 9.01. The van der Waals surface area contributed by atoms with E-state index in [1.807, 2.05) is 13.8 Å². The second-order valence-corrected chi connectivity index (χ2v) is 6.91. The highest BCUT2D eigenvalue weighted by atomic mass is 16.5. The lowest BCUT2D eigenvalue weighted by molar-refractivity contribution is -0.124. The van der Waals surface area contributed by atoms with Crippen molar-refractivity contribution in [1.29, 1.82) is 0 Å². The molecule has 1 amide bonds. The molecule has 0 aliphatic heterocycles. The molecule has 1 rings (SSSR count). The van der Waals surface area contributed by atoms with Gasteiger partial charge in [-0.2, -0.15) is 0 Å². The highest BCUT2D eigenvalue weighted by Gasteiger charge is 2.29. The first kappa shape index (κ1) is 21.1. The Kier molecular flexibility index (Phi) is 8.59. The Morgan fingerprint density at radius 1 is 0.960 bits per heavy atom. The monoisotopic (exact) mass is 351 g/mol. The van der Waals surface area contributed by atoms with Gasteiger partial charge in [0.1, 0.15) is 22.9 Å². The maximum absolute atomic E-state index is 12.8. The van der Waals surface area contributed by atoms with E-state index >= 15 is 0 Å². The number of benzene rings is 1. The number of amides is 1. The van der Waals surface area contributed by atoms with Gasteiger partial charge in [0.25, 0.3) is 0 Å². The molecule has 1 N–H and O–H groups in total. The van der Waals surface area contributed by atoms with E-state index in [-0.39, 0.29) is 5.91 Å². The number of unbranched alkanes of at least 4 members (excludes halogenated alkanes) is 4. The molecule has 5 nitrogen and oxygen atoms in total. The second-order valence-electron chi connectivity index (χ2n) is 6.91. The fourth-order valence-electron chi connectivity index (χ4n) is 2.70. The molecule has 0 bridgehead atoms. The van der Waals surface area contributed by atoms with Crippen molar-refractivity contribution in [2.45, 2.75) is 59.3 Å². The Bertz CT molecular complexity index is 530. The minimum absolute atomic E-state index is 0.0373. The zero-order valence-electron chi connectivity index (χ0n) is 16.5. The molecule has 5 heteroatoms. The highest BCUT2D eigenvalue weighted by molar-refractivity contribution is 5.97. The summed E-state index contributed by atoms with van der Waals surface area (Å²) in [5, 5.41) is 2.98. The number of nitrogens with one attached hydrogen (secondary N) is 1.